The summed E-state index contributed by atoms with van der Waals surface area (Å²) in [5.74, 6) is 0. The van der Waals surface area contributed by atoms with Crippen LogP contribution in [0.1, 0.15) is 5.56 Å². The van der Waals surface area contributed by atoms with Crippen LogP contribution in [0.4, 0.5) is 10.5 Å². The second-order valence-electron chi connectivity index (χ2n) is 2.78. The number of hydrogen-bond donors (Lipinski definition) is 2. The van der Waals surface area contributed by atoms with Gasteiger partial charge in [0.25, 0.3) is 0 Å². The number of para-hydroxylation sites is 1. The fourth-order valence-electron chi connectivity index (χ4n) is 1.02. The van der Waals surface area contributed by atoms with E-state index >= 15 is 0 Å². The van der Waals surface area contributed by atoms with Crippen molar-refractivity contribution in [2.24, 2.45) is 0 Å². The summed E-state index contributed by atoms with van der Waals surface area (Å²) in [4.78, 5) is 11.3. The Balaban J connectivity index is 2.68. The summed E-state index contributed by atoms with van der Waals surface area (Å²) in [5, 5.41) is 13.9. The normalized spacial score (nSPS) is 8.73. The predicted molar refractivity (Wildman–Crippen MR) is 58.4 cm³/mol. The Morgan fingerprint density at radius 2 is 2.27 bits per heavy atom. The lowest BCUT2D eigenvalue weighted by atomic mass is 10.2. The zero-order valence-electron chi connectivity index (χ0n) is 8.16. The van der Waals surface area contributed by atoms with E-state index in [2.05, 4.69) is 17.2 Å². The van der Waals surface area contributed by atoms with Crippen molar-refractivity contribution >= 4 is 11.7 Å². The Bertz CT molecular complexity index is 407. The molecule has 0 heterocycles. The lowest BCUT2D eigenvalue weighted by molar-refractivity contribution is 0.253. The van der Waals surface area contributed by atoms with Gasteiger partial charge in [0.1, 0.15) is 6.07 Å². The second-order valence-corrected chi connectivity index (χ2v) is 2.78. The molecule has 0 bridgehead atoms. The van der Waals surface area contributed by atoms with Gasteiger partial charge in [-0.1, -0.05) is 18.2 Å². The van der Waals surface area contributed by atoms with Gasteiger partial charge in [-0.05, 0) is 12.1 Å². The highest BCUT2D eigenvalue weighted by atomic mass is 16.2. The van der Waals surface area contributed by atoms with Gasteiger partial charge < -0.3 is 10.6 Å². The topological polar surface area (TPSA) is 64.9 Å². The van der Waals surface area contributed by atoms with E-state index in [4.69, 9.17) is 5.26 Å². The molecule has 0 spiro atoms. The maximum atomic E-state index is 11.3. The Hall–Kier alpha value is -2.28. The molecule has 0 aromatic heterocycles. The number of nitrogens with zero attached hydrogens (tertiary/aromatic N) is 1. The molecule has 0 atom stereocenters. The van der Waals surface area contributed by atoms with Crippen LogP contribution in [-0.4, -0.2) is 12.6 Å². The van der Waals surface area contributed by atoms with Crippen molar-refractivity contribution in [1.29, 1.82) is 5.26 Å². The minimum absolute atomic E-state index is 0.349. The predicted octanol–water partition coefficient (Wildman–Crippen LogP) is 1.87. The first-order valence-corrected chi connectivity index (χ1v) is 4.43. The fourth-order valence-corrected chi connectivity index (χ4v) is 1.02. The minimum Gasteiger partial charge on any atom is -0.334 e. The molecule has 0 aliphatic rings. The Labute approximate surface area is 88.2 Å². The van der Waals surface area contributed by atoms with Gasteiger partial charge in [0.2, 0.25) is 0 Å². The Morgan fingerprint density at radius 1 is 1.53 bits per heavy atom. The molecule has 1 aromatic carbocycles. The third kappa shape index (κ3) is 3.16. The third-order valence-corrected chi connectivity index (χ3v) is 1.70. The van der Waals surface area contributed by atoms with E-state index in [9.17, 15) is 4.79 Å². The molecule has 4 nitrogen and oxygen atoms in total. The highest BCUT2D eigenvalue weighted by Gasteiger charge is 2.03. The highest BCUT2D eigenvalue weighted by Crippen LogP contribution is 2.12. The first-order chi connectivity index (χ1) is 7.27. The number of amides is 2. The molecular formula is C11H11N3O. The molecule has 0 saturated carbocycles. The summed E-state index contributed by atoms with van der Waals surface area (Å²) in [7, 11) is 0. The number of benzene rings is 1. The lowest BCUT2D eigenvalue weighted by Crippen LogP contribution is -2.28. The monoisotopic (exact) mass is 201 g/mol. The van der Waals surface area contributed by atoms with E-state index in [1.54, 1.807) is 30.3 Å². The van der Waals surface area contributed by atoms with E-state index in [0.29, 0.717) is 17.8 Å². The van der Waals surface area contributed by atoms with Gasteiger partial charge in [0.05, 0.1) is 11.3 Å². The van der Waals surface area contributed by atoms with Gasteiger partial charge in [0, 0.05) is 6.54 Å². The number of rotatable bonds is 3. The van der Waals surface area contributed by atoms with E-state index in [0.717, 1.165) is 0 Å². The fraction of sp³-hybridized carbons (Fsp3) is 0.0909. The van der Waals surface area contributed by atoms with Crippen LogP contribution in [0.15, 0.2) is 36.9 Å². The number of anilines is 1. The maximum Gasteiger partial charge on any atom is 0.319 e. The van der Waals surface area contributed by atoms with Crippen LogP contribution in [0, 0.1) is 11.3 Å². The van der Waals surface area contributed by atoms with Gasteiger partial charge in [-0.3, -0.25) is 0 Å². The maximum absolute atomic E-state index is 11.3. The molecule has 2 N–H and O–H groups in total. The lowest BCUT2D eigenvalue weighted by Gasteiger charge is -2.06. The molecule has 15 heavy (non-hydrogen) atoms. The van der Waals surface area contributed by atoms with Gasteiger partial charge in [-0.2, -0.15) is 5.26 Å². The molecule has 0 saturated heterocycles. The summed E-state index contributed by atoms with van der Waals surface area (Å²) in [6.45, 7) is 3.87. The van der Waals surface area contributed by atoms with Gasteiger partial charge in [0.15, 0.2) is 0 Å². The highest BCUT2D eigenvalue weighted by molar-refractivity contribution is 5.90. The van der Waals surface area contributed by atoms with Crippen molar-refractivity contribution in [2.75, 3.05) is 11.9 Å². The van der Waals surface area contributed by atoms with E-state index in [-0.39, 0.29) is 6.03 Å². The number of nitrogens with one attached hydrogen (secondary N) is 2. The van der Waals surface area contributed by atoms with Crippen molar-refractivity contribution in [2.45, 2.75) is 0 Å². The molecule has 1 rings (SSSR count). The summed E-state index contributed by atoms with van der Waals surface area (Å²) < 4.78 is 0. The molecule has 4 heteroatoms. The van der Waals surface area contributed by atoms with Crippen molar-refractivity contribution in [3.05, 3.63) is 42.5 Å². The van der Waals surface area contributed by atoms with Crippen LogP contribution in [-0.2, 0) is 0 Å². The van der Waals surface area contributed by atoms with Crippen LogP contribution in [0.5, 0.6) is 0 Å². The van der Waals surface area contributed by atoms with Crippen LogP contribution in [0.2, 0.25) is 0 Å². The summed E-state index contributed by atoms with van der Waals surface area (Å²) >= 11 is 0. The molecule has 76 valence electrons. The first kappa shape index (κ1) is 10.8. The standard InChI is InChI=1S/C11H11N3O/c1-2-7-13-11(15)14-10-6-4-3-5-9(10)8-12/h2-6H,1,7H2,(H2,13,14,15). The molecule has 2 amide bonds. The van der Waals surface area contributed by atoms with Crippen LogP contribution in [0.25, 0.3) is 0 Å². The number of nitriles is 1. The smallest absolute Gasteiger partial charge is 0.319 e. The molecule has 1 aromatic rings. The molecule has 0 radical (unpaired) electrons. The van der Waals surface area contributed by atoms with Gasteiger partial charge in [-0.15, -0.1) is 6.58 Å². The van der Waals surface area contributed by atoms with Crippen LogP contribution in [0.3, 0.4) is 0 Å². The van der Waals surface area contributed by atoms with Crippen molar-refractivity contribution in [3.63, 3.8) is 0 Å². The molecular weight excluding hydrogens is 190 g/mol. The van der Waals surface area contributed by atoms with E-state index in [1.807, 2.05) is 6.07 Å². The van der Waals surface area contributed by atoms with Crippen molar-refractivity contribution in [3.8, 4) is 6.07 Å². The zero-order chi connectivity index (χ0) is 11.1. The number of urea groups is 1. The van der Waals surface area contributed by atoms with Gasteiger partial charge in [-0.25, -0.2) is 4.79 Å². The van der Waals surface area contributed by atoms with Gasteiger partial charge >= 0.3 is 6.03 Å². The molecule has 0 unspecified atom stereocenters. The van der Waals surface area contributed by atoms with Crippen molar-refractivity contribution in [1.82, 2.24) is 5.32 Å². The van der Waals surface area contributed by atoms with Crippen LogP contribution >= 0.6 is 0 Å². The molecule has 0 fully saturated rings. The quantitative estimate of drug-likeness (QED) is 0.733. The minimum atomic E-state index is -0.349. The average molecular weight is 201 g/mol. The largest absolute Gasteiger partial charge is 0.334 e. The summed E-state index contributed by atoms with van der Waals surface area (Å²) in [5.41, 5.74) is 0.938. The van der Waals surface area contributed by atoms with E-state index < -0.39 is 0 Å². The average Bonchev–Trinajstić information content (AvgIpc) is 2.27. The zero-order valence-corrected chi connectivity index (χ0v) is 8.16. The summed E-state index contributed by atoms with van der Waals surface area (Å²) in [6, 6.07) is 8.45. The SMILES string of the molecule is C=CCNC(=O)Nc1ccccc1C#N. The Morgan fingerprint density at radius 3 is 2.93 bits per heavy atom. The Kier molecular flexibility index (Phi) is 3.92. The first-order valence-electron chi connectivity index (χ1n) is 4.43. The number of carbonyl (C=O) groups is 1. The summed E-state index contributed by atoms with van der Waals surface area (Å²) in [6.07, 6.45) is 1.58. The second kappa shape index (κ2) is 5.45. The number of hydrogen-bond acceptors (Lipinski definition) is 2. The van der Waals surface area contributed by atoms with E-state index in [1.165, 1.54) is 0 Å². The number of carbonyl (C=O) groups excluding carboxylic acids is 1. The van der Waals surface area contributed by atoms with Crippen molar-refractivity contribution < 1.29 is 4.79 Å². The molecule has 0 aliphatic heterocycles. The third-order valence-electron chi connectivity index (χ3n) is 1.70. The van der Waals surface area contributed by atoms with Crippen LogP contribution < -0.4 is 10.6 Å². The molecule has 0 aliphatic carbocycles.